The number of aryl methyl sites for hydroxylation is 1. The van der Waals surface area contributed by atoms with Crippen LogP contribution in [0.5, 0.6) is 5.88 Å². The molecule has 1 fully saturated rings. The number of methoxy groups -OCH3 is 2. The van der Waals surface area contributed by atoms with Crippen molar-refractivity contribution in [2.24, 2.45) is 0 Å². The van der Waals surface area contributed by atoms with E-state index in [9.17, 15) is 4.79 Å². The minimum atomic E-state index is 0.0311. The van der Waals surface area contributed by atoms with Gasteiger partial charge < -0.3 is 19.3 Å². The molecule has 1 amide bonds. The quantitative estimate of drug-likeness (QED) is 0.778. The van der Waals surface area contributed by atoms with Gasteiger partial charge in [-0.1, -0.05) is 0 Å². The molecule has 1 aliphatic heterocycles. The van der Waals surface area contributed by atoms with Crippen LogP contribution in [0.3, 0.4) is 0 Å². The maximum atomic E-state index is 11.7. The summed E-state index contributed by atoms with van der Waals surface area (Å²) in [5.41, 5.74) is 0. The number of nitrogens with zero attached hydrogens (tertiary/aromatic N) is 4. The van der Waals surface area contributed by atoms with Crippen LogP contribution in [0.15, 0.2) is 6.07 Å². The van der Waals surface area contributed by atoms with E-state index in [0.29, 0.717) is 24.8 Å². The predicted octanol–water partition coefficient (Wildman–Crippen LogP) is 0.0886. The summed E-state index contributed by atoms with van der Waals surface area (Å²) in [5, 5.41) is 0. The average molecular weight is 280 g/mol. The third-order valence-corrected chi connectivity index (χ3v) is 3.23. The molecular weight excluding hydrogens is 260 g/mol. The molecule has 110 valence electrons. The molecule has 0 unspecified atom stereocenters. The Morgan fingerprint density at radius 3 is 2.55 bits per heavy atom. The van der Waals surface area contributed by atoms with Gasteiger partial charge in [0.15, 0.2) is 0 Å². The number of piperazine rings is 1. The largest absolute Gasteiger partial charge is 0.481 e. The fourth-order valence-corrected chi connectivity index (χ4v) is 2.19. The van der Waals surface area contributed by atoms with Gasteiger partial charge in [-0.25, -0.2) is 4.98 Å². The molecule has 0 aromatic carbocycles. The lowest BCUT2D eigenvalue weighted by atomic mass is 10.3. The molecule has 20 heavy (non-hydrogen) atoms. The molecular formula is C13H20N4O3. The first-order valence-corrected chi connectivity index (χ1v) is 6.55. The number of ether oxygens (including phenoxy) is 2. The number of anilines is 1. The van der Waals surface area contributed by atoms with Crippen molar-refractivity contribution in [2.75, 3.05) is 51.9 Å². The lowest BCUT2D eigenvalue weighted by Gasteiger charge is -2.35. The summed E-state index contributed by atoms with van der Waals surface area (Å²) in [5.74, 6) is 2.11. The maximum Gasteiger partial charge on any atom is 0.248 e. The molecule has 0 N–H and O–H groups in total. The summed E-state index contributed by atoms with van der Waals surface area (Å²) in [4.78, 5) is 24.3. The number of carbonyl (C=O) groups excluding carboxylic acids is 1. The Morgan fingerprint density at radius 1 is 1.25 bits per heavy atom. The number of rotatable bonds is 4. The van der Waals surface area contributed by atoms with Crippen molar-refractivity contribution in [3.8, 4) is 5.88 Å². The molecule has 0 atom stereocenters. The molecule has 1 aliphatic rings. The van der Waals surface area contributed by atoms with Crippen LogP contribution in [0.1, 0.15) is 5.82 Å². The zero-order valence-corrected chi connectivity index (χ0v) is 12.1. The minimum absolute atomic E-state index is 0.0311. The van der Waals surface area contributed by atoms with E-state index in [1.54, 1.807) is 7.11 Å². The van der Waals surface area contributed by atoms with E-state index < -0.39 is 0 Å². The second kappa shape index (κ2) is 6.51. The van der Waals surface area contributed by atoms with Crippen LogP contribution in [-0.4, -0.2) is 67.8 Å². The fraction of sp³-hybridized carbons (Fsp3) is 0.615. The molecule has 7 heteroatoms. The Balaban J connectivity index is 2.00. The third kappa shape index (κ3) is 3.36. The molecule has 7 nitrogen and oxygen atoms in total. The highest BCUT2D eigenvalue weighted by Crippen LogP contribution is 2.18. The molecule has 1 aromatic heterocycles. The second-order valence-corrected chi connectivity index (χ2v) is 4.62. The van der Waals surface area contributed by atoms with Gasteiger partial charge in [-0.2, -0.15) is 4.98 Å². The predicted molar refractivity (Wildman–Crippen MR) is 74.0 cm³/mol. The summed E-state index contributed by atoms with van der Waals surface area (Å²) >= 11 is 0. The zero-order chi connectivity index (χ0) is 14.5. The SMILES string of the molecule is COCC(=O)N1CCN(c2cc(OC)nc(C)n2)CC1. The van der Waals surface area contributed by atoms with Gasteiger partial charge in [0, 0.05) is 39.4 Å². The lowest BCUT2D eigenvalue weighted by molar-refractivity contribution is -0.135. The van der Waals surface area contributed by atoms with Gasteiger partial charge >= 0.3 is 0 Å². The van der Waals surface area contributed by atoms with Crippen LogP contribution in [0.4, 0.5) is 5.82 Å². The lowest BCUT2D eigenvalue weighted by Crippen LogP contribution is -2.50. The number of hydrogen-bond acceptors (Lipinski definition) is 6. The van der Waals surface area contributed by atoms with Gasteiger partial charge in [0.25, 0.3) is 0 Å². The first-order valence-electron chi connectivity index (χ1n) is 6.55. The number of aromatic nitrogens is 2. The third-order valence-electron chi connectivity index (χ3n) is 3.23. The molecule has 0 aliphatic carbocycles. The van der Waals surface area contributed by atoms with Crippen molar-refractivity contribution in [3.05, 3.63) is 11.9 Å². The minimum Gasteiger partial charge on any atom is -0.481 e. The Labute approximate surface area is 118 Å². The highest BCUT2D eigenvalue weighted by atomic mass is 16.5. The first kappa shape index (κ1) is 14.5. The van der Waals surface area contributed by atoms with Crippen molar-refractivity contribution in [1.29, 1.82) is 0 Å². The van der Waals surface area contributed by atoms with Crippen molar-refractivity contribution >= 4 is 11.7 Å². The second-order valence-electron chi connectivity index (χ2n) is 4.62. The molecule has 2 rings (SSSR count). The Bertz CT molecular complexity index is 473. The summed E-state index contributed by atoms with van der Waals surface area (Å²) in [6, 6.07) is 1.82. The maximum absolute atomic E-state index is 11.7. The normalized spacial score (nSPS) is 15.3. The van der Waals surface area contributed by atoms with E-state index in [0.717, 1.165) is 18.9 Å². The first-order chi connectivity index (χ1) is 9.63. The van der Waals surface area contributed by atoms with Gasteiger partial charge in [0.1, 0.15) is 18.2 Å². The highest BCUT2D eigenvalue weighted by Gasteiger charge is 2.22. The monoisotopic (exact) mass is 280 g/mol. The average Bonchev–Trinajstić information content (AvgIpc) is 2.47. The summed E-state index contributed by atoms with van der Waals surface area (Å²) in [6.07, 6.45) is 0. The zero-order valence-electron chi connectivity index (χ0n) is 12.1. The fourth-order valence-electron chi connectivity index (χ4n) is 2.19. The molecule has 2 heterocycles. The van der Waals surface area contributed by atoms with Crippen LogP contribution >= 0.6 is 0 Å². The summed E-state index contributed by atoms with van der Waals surface area (Å²) < 4.78 is 10.0. The molecule has 1 aromatic rings. The van der Waals surface area contributed by atoms with Crippen LogP contribution in [-0.2, 0) is 9.53 Å². The molecule has 0 bridgehead atoms. The molecule has 0 saturated carbocycles. The smallest absolute Gasteiger partial charge is 0.248 e. The Kier molecular flexibility index (Phi) is 4.73. The van der Waals surface area contributed by atoms with E-state index in [-0.39, 0.29) is 12.5 Å². The van der Waals surface area contributed by atoms with Crippen LogP contribution in [0.2, 0.25) is 0 Å². The van der Waals surface area contributed by atoms with Gasteiger partial charge in [-0.3, -0.25) is 4.79 Å². The summed E-state index contributed by atoms with van der Waals surface area (Å²) in [6.45, 7) is 4.82. The molecule has 1 saturated heterocycles. The van der Waals surface area contributed by atoms with E-state index in [1.165, 1.54) is 7.11 Å². The van der Waals surface area contributed by atoms with Gasteiger partial charge in [-0.15, -0.1) is 0 Å². The number of hydrogen-bond donors (Lipinski definition) is 0. The topological polar surface area (TPSA) is 67.8 Å². The highest BCUT2D eigenvalue weighted by molar-refractivity contribution is 5.77. The van der Waals surface area contributed by atoms with E-state index in [4.69, 9.17) is 9.47 Å². The van der Waals surface area contributed by atoms with Crippen LogP contribution < -0.4 is 9.64 Å². The van der Waals surface area contributed by atoms with Gasteiger partial charge in [0.05, 0.1) is 7.11 Å². The Hall–Kier alpha value is -1.89. The number of carbonyl (C=O) groups is 1. The Morgan fingerprint density at radius 2 is 1.95 bits per heavy atom. The molecule has 0 spiro atoms. The standard InChI is InChI=1S/C13H20N4O3/c1-10-14-11(8-12(15-10)20-3)16-4-6-17(7-5-16)13(18)9-19-2/h8H,4-7,9H2,1-3H3. The van der Waals surface area contributed by atoms with Crippen molar-refractivity contribution in [3.63, 3.8) is 0 Å². The number of amides is 1. The van der Waals surface area contributed by atoms with Crippen molar-refractivity contribution < 1.29 is 14.3 Å². The van der Waals surface area contributed by atoms with E-state index in [1.807, 2.05) is 17.9 Å². The van der Waals surface area contributed by atoms with E-state index >= 15 is 0 Å². The van der Waals surface area contributed by atoms with Crippen LogP contribution in [0.25, 0.3) is 0 Å². The van der Waals surface area contributed by atoms with E-state index in [2.05, 4.69) is 14.9 Å². The molecule has 0 radical (unpaired) electrons. The van der Waals surface area contributed by atoms with Crippen molar-refractivity contribution in [1.82, 2.24) is 14.9 Å². The van der Waals surface area contributed by atoms with Crippen LogP contribution in [0, 0.1) is 6.92 Å². The van der Waals surface area contributed by atoms with Crippen molar-refractivity contribution in [2.45, 2.75) is 6.92 Å². The van der Waals surface area contributed by atoms with Gasteiger partial charge in [-0.05, 0) is 6.92 Å². The summed E-state index contributed by atoms with van der Waals surface area (Å²) in [7, 11) is 3.12. The van der Waals surface area contributed by atoms with Gasteiger partial charge in [0.2, 0.25) is 11.8 Å².